The maximum Gasteiger partial charge on any atom is 0.354 e. The number of rotatable bonds is 2. The summed E-state index contributed by atoms with van der Waals surface area (Å²) < 4.78 is 0. The number of fused-ring (bicyclic) bond motifs is 1. The summed E-state index contributed by atoms with van der Waals surface area (Å²) in [5.74, 6) is -1.03. The SMILES string of the molecule is O=C(O)c1ccc(-c2cncc3ccccc23)cn1. The van der Waals surface area contributed by atoms with Gasteiger partial charge >= 0.3 is 5.97 Å². The summed E-state index contributed by atoms with van der Waals surface area (Å²) in [7, 11) is 0. The van der Waals surface area contributed by atoms with E-state index < -0.39 is 5.97 Å². The van der Waals surface area contributed by atoms with Crippen LogP contribution in [0, 0.1) is 0 Å². The number of benzene rings is 1. The van der Waals surface area contributed by atoms with E-state index in [-0.39, 0.29) is 5.69 Å². The molecule has 92 valence electrons. The minimum absolute atomic E-state index is 0.0388. The number of aromatic carboxylic acids is 1. The van der Waals surface area contributed by atoms with Crippen LogP contribution in [0.1, 0.15) is 10.5 Å². The molecule has 0 atom stereocenters. The summed E-state index contributed by atoms with van der Waals surface area (Å²) in [5.41, 5.74) is 1.84. The lowest BCUT2D eigenvalue weighted by Crippen LogP contribution is -1.99. The molecule has 4 heteroatoms. The number of carboxylic acid groups (broad SMARTS) is 1. The Labute approximate surface area is 109 Å². The van der Waals surface area contributed by atoms with Crippen LogP contribution >= 0.6 is 0 Å². The van der Waals surface area contributed by atoms with E-state index in [0.29, 0.717) is 0 Å². The maximum absolute atomic E-state index is 10.8. The zero-order valence-electron chi connectivity index (χ0n) is 9.95. The maximum atomic E-state index is 10.8. The molecular weight excluding hydrogens is 240 g/mol. The molecule has 0 saturated carbocycles. The first-order valence-corrected chi connectivity index (χ1v) is 5.78. The first-order valence-electron chi connectivity index (χ1n) is 5.78. The number of carbonyl (C=O) groups is 1. The van der Waals surface area contributed by atoms with E-state index in [9.17, 15) is 4.79 Å². The first-order chi connectivity index (χ1) is 9.25. The van der Waals surface area contributed by atoms with Crippen molar-refractivity contribution in [3.8, 4) is 11.1 Å². The number of hydrogen-bond acceptors (Lipinski definition) is 3. The number of carboxylic acids is 1. The molecular formula is C15H10N2O2. The zero-order valence-corrected chi connectivity index (χ0v) is 9.95. The van der Waals surface area contributed by atoms with Crippen LogP contribution in [0.2, 0.25) is 0 Å². The van der Waals surface area contributed by atoms with E-state index in [1.54, 1.807) is 24.7 Å². The van der Waals surface area contributed by atoms with Crippen LogP contribution < -0.4 is 0 Å². The highest BCUT2D eigenvalue weighted by Gasteiger charge is 2.07. The summed E-state index contributed by atoms with van der Waals surface area (Å²) in [6.45, 7) is 0. The van der Waals surface area contributed by atoms with Crippen molar-refractivity contribution in [1.82, 2.24) is 9.97 Å². The van der Waals surface area contributed by atoms with Crippen molar-refractivity contribution < 1.29 is 9.90 Å². The quantitative estimate of drug-likeness (QED) is 0.759. The van der Waals surface area contributed by atoms with Gasteiger partial charge < -0.3 is 5.11 Å². The van der Waals surface area contributed by atoms with Crippen LogP contribution in [-0.4, -0.2) is 21.0 Å². The molecule has 3 rings (SSSR count). The fourth-order valence-corrected chi connectivity index (χ4v) is 2.03. The minimum atomic E-state index is -1.03. The molecule has 0 radical (unpaired) electrons. The van der Waals surface area contributed by atoms with Crippen LogP contribution in [-0.2, 0) is 0 Å². The van der Waals surface area contributed by atoms with Crippen molar-refractivity contribution in [1.29, 1.82) is 0 Å². The van der Waals surface area contributed by atoms with Crippen molar-refractivity contribution in [2.75, 3.05) is 0 Å². The highest BCUT2D eigenvalue weighted by Crippen LogP contribution is 2.26. The van der Waals surface area contributed by atoms with Gasteiger partial charge in [0.25, 0.3) is 0 Å². The Morgan fingerprint density at radius 2 is 1.84 bits per heavy atom. The number of hydrogen-bond donors (Lipinski definition) is 1. The number of pyridine rings is 2. The second kappa shape index (κ2) is 4.49. The molecule has 0 spiro atoms. The van der Waals surface area contributed by atoms with Gasteiger partial charge in [0.05, 0.1) is 0 Å². The van der Waals surface area contributed by atoms with E-state index in [2.05, 4.69) is 9.97 Å². The summed E-state index contributed by atoms with van der Waals surface area (Å²) in [6, 6.07) is 11.2. The molecule has 0 saturated heterocycles. The fraction of sp³-hybridized carbons (Fsp3) is 0. The van der Waals surface area contributed by atoms with E-state index in [0.717, 1.165) is 21.9 Å². The van der Waals surface area contributed by atoms with Crippen molar-refractivity contribution in [3.05, 3.63) is 60.7 Å². The highest BCUT2D eigenvalue weighted by atomic mass is 16.4. The van der Waals surface area contributed by atoms with E-state index in [1.807, 2.05) is 24.3 Å². The summed E-state index contributed by atoms with van der Waals surface area (Å²) in [6.07, 6.45) is 5.13. The van der Waals surface area contributed by atoms with Crippen molar-refractivity contribution in [3.63, 3.8) is 0 Å². The van der Waals surface area contributed by atoms with Gasteiger partial charge in [0, 0.05) is 35.1 Å². The van der Waals surface area contributed by atoms with Crippen LogP contribution in [0.25, 0.3) is 21.9 Å². The predicted molar refractivity (Wildman–Crippen MR) is 71.9 cm³/mol. The fourth-order valence-electron chi connectivity index (χ4n) is 2.03. The minimum Gasteiger partial charge on any atom is -0.477 e. The molecule has 0 aliphatic heterocycles. The van der Waals surface area contributed by atoms with Gasteiger partial charge in [-0.05, 0) is 11.5 Å². The Balaban J connectivity index is 2.16. The van der Waals surface area contributed by atoms with Crippen molar-refractivity contribution in [2.45, 2.75) is 0 Å². The Kier molecular flexibility index (Phi) is 2.68. The third-order valence-corrected chi connectivity index (χ3v) is 2.96. The smallest absolute Gasteiger partial charge is 0.354 e. The molecule has 0 bridgehead atoms. The lowest BCUT2D eigenvalue weighted by atomic mass is 10.0. The van der Waals surface area contributed by atoms with Gasteiger partial charge in [0.1, 0.15) is 5.69 Å². The van der Waals surface area contributed by atoms with Crippen molar-refractivity contribution in [2.24, 2.45) is 0 Å². The molecule has 0 aliphatic carbocycles. The molecule has 0 fully saturated rings. The van der Waals surface area contributed by atoms with Gasteiger partial charge in [-0.25, -0.2) is 9.78 Å². The van der Waals surface area contributed by atoms with Crippen LogP contribution in [0.15, 0.2) is 55.0 Å². The molecule has 1 aromatic carbocycles. The van der Waals surface area contributed by atoms with Gasteiger partial charge in [-0.15, -0.1) is 0 Å². The Bertz CT molecular complexity index is 746. The second-order valence-electron chi connectivity index (χ2n) is 4.15. The summed E-state index contributed by atoms with van der Waals surface area (Å²) >= 11 is 0. The third-order valence-electron chi connectivity index (χ3n) is 2.96. The summed E-state index contributed by atoms with van der Waals surface area (Å²) in [5, 5.41) is 11.0. The summed E-state index contributed by atoms with van der Waals surface area (Å²) in [4.78, 5) is 18.9. The Morgan fingerprint density at radius 1 is 1.00 bits per heavy atom. The molecule has 0 unspecified atom stereocenters. The van der Waals surface area contributed by atoms with Gasteiger partial charge in [0.2, 0.25) is 0 Å². The number of nitrogens with zero attached hydrogens (tertiary/aromatic N) is 2. The van der Waals surface area contributed by atoms with Crippen LogP contribution in [0.4, 0.5) is 0 Å². The van der Waals surface area contributed by atoms with E-state index >= 15 is 0 Å². The van der Waals surface area contributed by atoms with E-state index in [4.69, 9.17) is 5.11 Å². The largest absolute Gasteiger partial charge is 0.477 e. The normalized spacial score (nSPS) is 10.5. The van der Waals surface area contributed by atoms with Gasteiger partial charge in [-0.1, -0.05) is 30.3 Å². The molecule has 1 N–H and O–H groups in total. The van der Waals surface area contributed by atoms with Crippen LogP contribution in [0.5, 0.6) is 0 Å². The monoisotopic (exact) mass is 250 g/mol. The Hall–Kier alpha value is -2.75. The van der Waals surface area contributed by atoms with Gasteiger partial charge in [-0.3, -0.25) is 4.98 Å². The van der Waals surface area contributed by atoms with Gasteiger partial charge in [-0.2, -0.15) is 0 Å². The first kappa shape index (κ1) is 11.3. The molecule has 19 heavy (non-hydrogen) atoms. The molecule has 3 aromatic rings. The third kappa shape index (κ3) is 2.04. The van der Waals surface area contributed by atoms with E-state index in [1.165, 1.54) is 6.07 Å². The van der Waals surface area contributed by atoms with Crippen LogP contribution in [0.3, 0.4) is 0 Å². The Morgan fingerprint density at radius 3 is 2.58 bits per heavy atom. The average Bonchev–Trinajstić information content (AvgIpc) is 2.47. The zero-order chi connectivity index (χ0) is 13.2. The molecule has 0 amide bonds. The van der Waals surface area contributed by atoms with Crippen molar-refractivity contribution >= 4 is 16.7 Å². The molecule has 2 heterocycles. The predicted octanol–water partition coefficient (Wildman–Crippen LogP) is 3.00. The number of aromatic nitrogens is 2. The second-order valence-corrected chi connectivity index (χ2v) is 4.15. The molecule has 0 aliphatic rings. The molecule has 4 nitrogen and oxygen atoms in total. The van der Waals surface area contributed by atoms with Gasteiger partial charge in [0.15, 0.2) is 0 Å². The standard InChI is InChI=1S/C15H10N2O2/c18-15(19)14-6-5-11(8-17-14)13-9-16-7-10-3-1-2-4-12(10)13/h1-9H,(H,18,19). The topological polar surface area (TPSA) is 63.1 Å². The average molecular weight is 250 g/mol. The molecule has 2 aromatic heterocycles. The lowest BCUT2D eigenvalue weighted by molar-refractivity contribution is 0.0690. The lowest BCUT2D eigenvalue weighted by Gasteiger charge is -2.05. The highest BCUT2D eigenvalue weighted by molar-refractivity contribution is 5.95.